The largest absolute Gasteiger partial charge is 0.466 e. The molecule has 1 aromatic carbocycles. The number of ether oxygens (including phenoxy) is 1. The normalized spacial score (nSPS) is 15.6. The van der Waals surface area contributed by atoms with E-state index in [-0.39, 0.29) is 11.8 Å². The van der Waals surface area contributed by atoms with Gasteiger partial charge in [-0.25, -0.2) is 14.7 Å². The van der Waals surface area contributed by atoms with Crippen LogP contribution in [-0.2, 0) is 19.1 Å². The lowest BCUT2D eigenvalue weighted by Crippen LogP contribution is -2.43. The van der Waals surface area contributed by atoms with Crippen LogP contribution in [0.15, 0.2) is 41.1 Å². The molecule has 1 aromatic rings. The molecule has 0 atom stereocenters. The maximum absolute atomic E-state index is 12.0. The van der Waals surface area contributed by atoms with E-state index in [1.165, 1.54) is 29.8 Å². The molecule has 2 rings (SSSR count). The molecule has 0 N–H and O–H groups in total. The summed E-state index contributed by atoms with van der Waals surface area (Å²) in [6, 6.07) is 6.84. The lowest BCUT2D eigenvalue weighted by atomic mass is 10.2. The fraction of sp³-hybridized carbons (Fsp3) is 0.294. The Kier molecular flexibility index (Phi) is 6.35. The molecular formula is C17H19N3O4S. The first-order valence-electron chi connectivity index (χ1n) is 7.56. The average molecular weight is 361 g/mol. The Morgan fingerprint density at radius 2 is 1.84 bits per heavy atom. The van der Waals surface area contributed by atoms with E-state index >= 15 is 0 Å². The van der Waals surface area contributed by atoms with Crippen LogP contribution in [0.3, 0.4) is 0 Å². The van der Waals surface area contributed by atoms with Crippen molar-refractivity contribution in [2.45, 2.75) is 13.8 Å². The Labute approximate surface area is 150 Å². The summed E-state index contributed by atoms with van der Waals surface area (Å²) in [5.74, 6) is -0.340. The van der Waals surface area contributed by atoms with Gasteiger partial charge in [-0.2, -0.15) is 5.10 Å². The number of anilines is 2. The molecule has 0 saturated carbocycles. The summed E-state index contributed by atoms with van der Waals surface area (Å²) >= 11 is 1.32. The number of thioether (sulfide) groups is 1. The molecule has 1 fully saturated rings. The van der Waals surface area contributed by atoms with Gasteiger partial charge < -0.3 is 4.74 Å². The molecule has 7 nitrogen and oxygen atoms in total. The number of hydrogen-bond acceptors (Lipinski definition) is 7. The summed E-state index contributed by atoms with van der Waals surface area (Å²) < 4.78 is 4.63. The van der Waals surface area contributed by atoms with Gasteiger partial charge in [-0.05, 0) is 38.1 Å². The number of carbonyl (C=O) groups is 3. The Morgan fingerprint density at radius 3 is 2.36 bits per heavy atom. The van der Waals surface area contributed by atoms with Crippen molar-refractivity contribution in [3.8, 4) is 0 Å². The van der Waals surface area contributed by atoms with Gasteiger partial charge in [-0.1, -0.05) is 0 Å². The average Bonchev–Trinajstić information content (AvgIpc) is 2.60. The zero-order valence-electron chi connectivity index (χ0n) is 14.3. The quantitative estimate of drug-likeness (QED) is 0.263. The monoisotopic (exact) mass is 361 g/mol. The smallest absolute Gasteiger partial charge is 0.332 e. The van der Waals surface area contributed by atoms with E-state index in [1.54, 1.807) is 49.3 Å². The molecule has 1 saturated heterocycles. The third-order valence-corrected chi connectivity index (χ3v) is 4.30. The fourth-order valence-electron chi connectivity index (χ4n) is 2.29. The summed E-state index contributed by atoms with van der Waals surface area (Å²) in [4.78, 5) is 36.6. The van der Waals surface area contributed by atoms with E-state index in [4.69, 9.17) is 0 Å². The number of allylic oxidation sites excluding steroid dienone is 1. The minimum atomic E-state index is -0.479. The van der Waals surface area contributed by atoms with Crippen molar-refractivity contribution >= 4 is 47.1 Å². The van der Waals surface area contributed by atoms with Crippen molar-refractivity contribution in [3.63, 3.8) is 0 Å². The van der Waals surface area contributed by atoms with Crippen LogP contribution >= 0.6 is 11.8 Å². The Bertz CT molecular complexity index is 712. The predicted octanol–water partition coefficient (Wildman–Crippen LogP) is 2.18. The van der Waals surface area contributed by atoms with Crippen LogP contribution in [-0.4, -0.2) is 42.6 Å². The van der Waals surface area contributed by atoms with Gasteiger partial charge in [-0.15, -0.1) is 11.8 Å². The number of nitrogens with zero attached hydrogens (tertiary/aromatic N) is 3. The number of esters is 1. The third kappa shape index (κ3) is 4.48. The highest BCUT2D eigenvalue weighted by Gasteiger charge is 2.27. The highest BCUT2D eigenvalue weighted by atomic mass is 32.2. The van der Waals surface area contributed by atoms with Crippen LogP contribution < -0.4 is 9.91 Å². The van der Waals surface area contributed by atoms with Crippen LogP contribution in [0.5, 0.6) is 0 Å². The molecule has 0 aliphatic carbocycles. The van der Waals surface area contributed by atoms with Crippen LogP contribution in [0, 0.1) is 0 Å². The molecule has 0 unspecified atom stereocenters. The van der Waals surface area contributed by atoms with Crippen molar-refractivity contribution in [1.29, 1.82) is 0 Å². The number of hydrogen-bond donors (Lipinski definition) is 0. The molecule has 25 heavy (non-hydrogen) atoms. The maximum atomic E-state index is 12.0. The van der Waals surface area contributed by atoms with Crippen molar-refractivity contribution < 1.29 is 19.1 Å². The van der Waals surface area contributed by atoms with Crippen LogP contribution in [0.1, 0.15) is 13.8 Å². The molecule has 0 radical (unpaired) electrons. The summed E-state index contributed by atoms with van der Waals surface area (Å²) in [7, 11) is 1.30. The van der Waals surface area contributed by atoms with Crippen molar-refractivity contribution in [3.05, 3.63) is 36.0 Å². The van der Waals surface area contributed by atoms with E-state index in [9.17, 15) is 14.4 Å². The van der Waals surface area contributed by atoms with Crippen LogP contribution in [0.2, 0.25) is 0 Å². The number of hydrazone groups is 1. The number of methoxy groups -OCH3 is 1. The predicted molar refractivity (Wildman–Crippen MR) is 98.7 cm³/mol. The van der Waals surface area contributed by atoms with Crippen molar-refractivity contribution in [1.82, 2.24) is 0 Å². The number of carbonyl (C=O) groups excluding carboxylic acids is 3. The third-order valence-electron chi connectivity index (χ3n) is 3.40. The molecule has 0 aromatic heterocycles. The van der Waals surface area contributed by atoms with E-state index in [0.29, 0.717) is 28.6 Å². The van der Waals surface area contributed by atoms with Gasteiger partial charge in [0.2, 0.25) is 11.8 Å². The minimum Gasteiger partial charge on any atom is -0.466 e. The Balaban J connectivity index is 2.29. The van der Waals surface area contributed by atoms with Crippen molar-refractivity contribution in [2.75, 3.05) is 28.5 Å². The van der Waals surface area contributed by atoms with Crippen LogP contribution in [0.4, 0.5) is 11.4 Å². The molecule has 1 heterocycles. The SMILES string of the molecule is C/C=N/N(/C(C)=C/C(=O)OC)c1ccc(N2C(=O)CSCC2=O)cc1. The number of benzene rings is 1. The molecular weight excluding hydrogens is 342 g/mol. The highest BCUT2D eigenvalue weighted by Crippen LogP contribution is 2.26. The fourth-order valence-corrected chi connectivity index (χ4v) is 3.00. The highest BCUT2D eigenvalue weighted by molar-refractivity contribution is 8.00. The topological polar surface area (TPSA) is 79.3 Å². The van der Waals surface area contributed by atoms with Gasteiger partial charge in [-0.3, -0.25) is 9.59 Å². The van der Waals surface area contributed by atoms with Crippen LogP contribution in [0.25, 0.3) is 0 Å². The lowest BCUT2D eigenvalue weighted by molar-refractivity contribution is -0.135. The first-order valence-corrected chi connectivity index (χ1v) is 8.72. The van der Waals surface area contributed by atoms with E-state index in [0.717, 1.165) is 0 Å². The van der Waals surface area contributed by atoms with Gasteiger partial charge in [0.05, 0.1) is 30.0 Å². The standard InChI is InChI=1S/C17H19N3O4S/c1-4-18-20(12(2)9-17(23)24-3)14-7-5-13(6-8-14)19-15(21)10-25-11-16(19)22/h4-9H,10-11H2,1-3H3/b12-9+,18-4+. The maximum Gasteiger partial charge on any atom is 0.332 e. The molecule has 132 valence electrons. The first-order chi connectivity index (χ1) is 12.0. The van der Waals surface area contributed by atoms with Gasteiger partial charge >= 0.3 is 5.97 Å². The number of imide groups is 1. The van der Waals surface area contributed by atoms with E-state index in [2.05, 4.69) is 9.84 Å². The zero-order valence-corrected chi connectivity index (χ0v) is 15.1. The minimum absolute atomic E-state index is 0.223. The molecule has 8 heteroatoms. The Hall–Kier alpha value is -2.61. The Morgan fingerprint density at radius 1 is 1.24 bits per heavy atom. The summed E-state index contributed by atoms with van der Waals surface area (Å²) in [6.45, 7) is 3.49. The van der Waals surface area contributed by atoms with Gasteiger partial charge in [0.1, 0.15) is 0 Å². The summed E-state index contributed by atoms with van der Waals surface area (Å²) in [5.41, 5.74) is 1.78. The molecule has 1 aliphatic rings. The van der Waals surface area contributed by atoms with Gasteiger partial charge in [0.25, 0.3) is 0 Å². The summed E-state index contributed by atoms with van der Waals surface area (Å²) in [6.07, 6.45) is 2.92. The summed E-state index contributed by atoms with van der Waals surface area (Å²) in [5, 5.41) is 5.80. The molecule has 0 spiro atoms. The van der Waals surface area contributed by atoms with Gasteiger partial charge in [0, 0.05) is 18.0 Å². The lowest BCUT2D eigenvalue weighted by Gasteiger charge is -2.25. The molecule has 0 bridgehead atoms. The van der Waals surface area contributed by atoms with Gasteiger partial charge in [0.15, 0.2) is 0 Å². The number of rotatable bonds is 5. The molecule has 2 amide bonds. The molecule has 1 aliphatic heterocycles. The van der Waals surface area contributed by atoms with E-state index in [1.807, 2.05) is 0 Å². The number of amides is 2. The second-order valence-electron chi connectivity index (χ2n) is 5.13. The second kappa shape index (κ2) is 8.48. The zero-order chi connectivity index (χ0) is 18.4. The van der Waals surface area contributed by atoms with E-state index < -0.39 is 5.97 Å². The second-order valence-corrected chi connectivity index (χ2v) is 6.11. The first kappa shape index (κ1) is 18.7. The van der Waals surface area contributed by atoms with Crippen molar-refractivity contribution in [2.24, 2.45) is 5.10 Å².